The Morgan fingerprint density at radius 3 is 1.08 bits per heavy atom. The number of benzene rings is 1. The van der Waals surface area contributed by atoms with Crippen molar-refractivity contribution in [3.05, 3.63) is 27.8 Å². The van der Waals surface area contributed by atoms with Gasteiger partial charge in [0, 0.05) is 45.6 Å². The summed E-state index contributed by atoms with van der Waals surface area (Å²) in [6.45, 7) is -1.62. The van der Waals surface area contributed by atoms with E-state index in [4.69, 9.17) is 97.6 Å². The molecule has 33 nitrogen and oxygen atoms in total. The zero-order chi connectivity index (χ0) is 57.3. The molecule has 1 heterocycles. The normalized spacial score (nSPS) is 20.3. The first-order valence-electron chi connectivity index (χ1n) is 23.1. The monoisotopic (exact) mass is 1170 g/mol. The number of methoxy groups -OCH3 is 3. The van der Waals surface area contributed by atoms with Crippen LogP contribution in [-0.2, 0) is 137 Å². The van der Waals surface area contributed by atoms with Gasteiger partial charge in [0.1, 0.15) is 36.6 Å². The molecule has 1 aliphatic carbocycles. The van der Waals surface area contributed by atoms with Crippen LogP contribution in [0.1, 0.15) is 85.6 Å². The topological polar surface area (TPSA) is 391 Å². The Kier molecular flexibility index (Phi) is 28.5. The molecule has 3 rings (SSSR count). The highest BCUT2D eigenvalue weighted by molar-refractivity contribution is 7.49. The van der Waals surface area contributed by atoms with Gasteiger partial charge < -0.3 is 56.8 Å². The van der Waals surface area contributed by atoms with Crippen LogP contribution in [0.25, 0.3) is 0 Å². The third-order valence-electron chi connectivity index (χ3n) is 9.95. The minimum absolute atomic E-state index is 0.0930. The smallest absolute Gasteiger partial charge is 0.481 e. The molecule has 0 spiro atoms. The third kappa shape index (κ3) is 21.1. The molecule has 2 fully saturated rings. The lowest BCUT2D eigenvalue weighted by atomic mass is 9.85. The van der Waals surface area contributed by atoms with Crippen molar-refractivity contribution in [1.82, 2.24) is 0 Å². The molecule has 1 aliphatic heterocycles. The number of hydrogen-bond donors (Lipinski definition) is 0. The van der Waals surface area contributed by atoms with Gasteiger partial charge in [-0.15, -0.1) is 0 Å². The Bertz CT molecular complexity index is 2210. The molecule has 0 aromatic heterocycles. The average molecular weight is 1170 g/mol. The average Bonchev–Trinajstić information content (AvgIpc) is 3.86. The number of esters is 6. The summed E-state index contributed by atoms with van der Waals surface area (Å²) in [5.74, 6) is -5.63. The van der Waals surface area contributed by atoms with Crippen LogP contribution < -0.4 is 9.47 Å². The minimum Gasteiger partial charge on any atom is -0.493 e. The maximum Gasteiger partial charge on any atom is 0.481 e. The summed E-state index contributed by atoms with van der Waals surface area (Å²) in [5.41, 5.74) is -1.02. The molecule has 0 N–H and O–H groups in total. The second kappa shape index (κ2) is 33.0. The number of phosphoric ester groups is 3. The number of nitrogens with zero attached hydrogens (tertiary/aromatic N) is 1. The summed E-state index contributed by atoms with van der Waals surface area (Å²) >= 11 is 0. The van der Waals surface area contributed by atoms with Crippen molar-refractivity contribution in [1.29, 1.82) is 0 Å². The number of nitro benzene ring substituents is 1. The van der Waals surface area contributed by atoms with Gasteiger partial charge in [0.05, 0.1) is 37.4 Å². The standard InChI is InChI=1S/C41H62NO32P3/c1-10-29(43)58-19-64-75(51,65-20-59-30(44)11-2)72-38-35(57-18-25-16-27(54-7)28(55-8)17-26(25)42(49)50)39(73-76(52,66-21-60-31(45)12-3)67-22-61-32(46)13-4)40(37-36(38)70-41(56-9)71-37)74-77(53,68-23-62-33(47)14-5)69-24-63-34(48)15-6/h16-17,35-41H,10-15,18-24H2,1-9H3/t35-,36+,37-,38-,39+,40+,41?/m1/s1. The zero-order valence-corrected chi connectivity index (χ0v) is 45.9. The van der Waals surface area contributed by atoms with Crippen molar-refractivity contribution in [3.63, 3.8) is 0 Å². The number of carbonyl (C=O) groups is 6. The first kappa shape index (κ1) is 66.5. The highest BCUT2D eigenvalue weighted by atomic mass is 31.2. The SMILES string of the molecule is CCC(=O)OCOP(=O)(OCOC(=O)CC)O[C@@H]1[C@@H](OCc2cc(OC)c(OC)cc2[N+](=O)[O-])[C@H](OP(=O)(OCOC(=O)CC)OCOC(=O)CC)[C@@H](OP(=O)(OCOC(=O)CC)OCOC(=O)CC)[C@@H]2OC(OC)O[C@@H]21. The molecule has 77 heavy (non-hydrogen) atoms. The maximum absolute atomic E-state index is 15.0. The van der Waals surface area contributed by atoms with Gasteiger partial charge in [-0.25, -0.2) is 40.8 Å². The highest BCUT2D eigenvalue weighted by Crippen LogP contribution is 2.60. The summed E-state index contributed by atoms with van der Waals surface area (Å²) in [5, 5.41) is 12.6. The Morgan fingerprint density at radius 1 is 0.494 bits per heavy atom. The lowest BCUT2D eigenvalue weighted by Crippen LogP contribution is -2.65. The summed E-state index contributed by atoms with van der Waals surface area (Å²) in [6.07, 6.45) is -14.6. The van der Waals surface area contributed by atoms with E-state index in [1.807, 2.05) is 0 Å². The van der Waals surface area contributed by atoms with Crippen molar-refractivity contribution in [2.75, 3.05) is 62.1 Å². The summed E-state index contributed by atoms with van der Waals surface area (Å²) in [6, 6.07) is 2.06. The Morgan fingerprint density at radius 2 is 0.792 bits per heavy atom. The van der Waals surface area contributed by atoms with Crippen LogP contribution in [0.2, 0.25) is 0 Å². The number of ether oxygens (including phenoxy) is 12. The molecule has 1 saturated heterocycles. The quantitative estimate of drug-likeness (QED) is 0.0204. The van der Waals surface area contributed by atoms with E-state index in [9.17, 15) is 48.0 Å². The molecule has 7 atom stereocenters. The molecule has 36 heteroatoms. The van der Waals surface area contributed by atoms with Gasteiger partial charge in [0.25, 0.3) is 12.2 Å². The van der Waals surface area contributed by atoms with Crippen molar-refractivity contribution in [2.45, 2.75) is 130 Å². The van der Waals surface area contributed by atoms with Gasteiger partial charge >= 0.3 is 59.3 Å². The fourth-order valence-corrected chi connectivity index (χ4v) is 9.35. The van der Waals surface area contributed by atoms with Crippen LogP contribution in [0.3, 0.4) is 0 Å². The number of phosphoric acid groups is 3. The lowest BCUT2D eigenvalue weighted by Gasteiger charge is -2.46. The van der Waals surface area contributed by atoms with Gasteiger partial charge in [-0.3, -0.25) is 52.5 Å². The van der Waals surface area contributed by atoms with Crippen molar-refractivity contribution >= 4 is 65.0 Å². The first-order chi connectivity index (χ1) is 36.6. The lowest BCUT2D eigenvalue weighted by molar-refractivity contribution is -0.386. The van der Waals surface area contributed by atoms with Crippen LogP contribution >= 0.6 is 23.5 Å². The zero-order valence-electron chi connectivity index (χ0n) is 43.2. The van der Waals surface area contributed by atoms with E-state index in [0.717, 1.165) is 19.2 Å². The maximum atomic E-state index is 15.0. The molecule has 1 aromatic carbocycles. The first-order valence-corrected chi connectivity index (χ1v) is 27.5. The minimum atomic E-state index is -5.58. The number of rotatable bonds is 37. The largest absolute Gasteiger partial charge is 0.493 e. The molecule has 438 valence electrons. The number of hydrogen-bond acceptors (Lipinski definition) is 32. The number of fused-ring (bicyclic) bond motifs is 1. The van der Waals surface area contributed by atoms with Gasteiger partial charge in [-0.1, -0.05) is 41.5 Å². The molecule has 2 aliphatic rings. The van der Waals surface area contributed by atoms with Crippen molar-refractivity contribution in [3.8, 4) is 11.5 Å². The Balaban J connectivity index is 2.50. The van der Waals surface area contributed by atoms with E-state index < -0.39 is 160 Å². The number of carbonyl (C=O) groups excluding carboxylic acids is 6. The predicted molar refractivity (Wildman–Crippen MR) is 247 cm³/mol. The van der Waals surface area contributed by atoms with Crippen LogP contribution in [-0.4, -0.2) is 146 Å². The van der Waals surface area contributed by atoms with Crippen LogP contribution in [0.5, 0.6) is 11.5 Å². The predicted octanol–water partition coefficient (Wildman–Crippen LogP) is 5.27. The van der Waals surface area contributed by atoms with Crippen LogP contribution in [0.4, 0.5) is 5.69 Å². The van der Waals surface area contributed by atoms with E-state index in [1.165, 1.54) is 55.8 Å². The van der Waals surface area contributed by atoms with E-state index in [0.29, 0.717) is 0 Å². The second-order valence-electron chi connectivity index (χ2n) is 14.8. The highest BCUT2D eigenvalue weighted by Gasteiger charge is 2.64. The molecular formula is C41H62NO32P3. The molecule has 1 saturated carbocycles. The van der Waals surface area contributed by atoms with Crippen LogP contribution in [0, 0.1) is 10.1 Å². The summed E-state index contributed by atoms with van der Waals surface area (Å²) in [7, 11) is -13.1. The molecular weight excluding hydrogens is 1110 g/mol. The number of nitro groups is 1. The van der Waals surface area contributed by atoms with E-state index in [1.54, 1.807) is 0 Å². The molecule has 0 amide bonds. The van der Waals surface area contributed by atoms with Crippen molar-refractivity contribution < 1.29 is 145 Å². The van der Waals surface area contributed by atoms with Gasteiger partial charge in [-0.05, 0) is 6.07 Å². The van der Waals surface area contributed by atoms with E-state index >= 15 is 4.57 Å². The van der Waals surface area contributed by atoms with Crippen molar-refractivity contribution in [2.24, 2.45) is 0 Å². The fourth-order valence-electron chi connectivity index (χ4n) is 6.06. The molecule has 0 bridgehead atoms. The summed E-state index contributed by atoms with van der Waals surface area (Å²) in [4.78, 5) is 85.0. The summed E-state index contributed by atoms with van der Waals surface area (Å²) < 4.78 is 159. The Labute approximate surface area is 440 Å². The molecule has 1 aromatic rings. The van der Waals surface area contributed by atoms with Crippen LogP contribution in [0.15, 0.2) is 12.1 Å². The van der Waals surface area contributed by atoms with Gasteiger partial charge in [0.2, 0.25) is 40.8 Å². The van der Waals surface area contributed by atoms with E-state index in [-0.39, 0.29) is 55.6 Å². The fraction of sp³-hybridized carbons (Fsp3) is 0.707. The van der Waals surface area contributed by atoms with E-state index in [2.05, 4.69) is 0 Å². The second-order valence-corrected chi connectivity index (χ2v) is 19.7. The molecule has 1 unspecified atom stereocenters. The third-order valence-corrected chi connectivity index (χ3v) is 14.0. The Hall–Kier alpha value is -4.79. The van der Waals surface area contributed by atoms with Gasteiger partial charge in [0.15, 0.2) is 11.5 Å². The van der Waals surface area contributed by atoms with Gasteiger partial charge in [-0.2, -0.15) is 0 Å². The molecule has 0 radical (unpaired) electrons.